The van der Waals surface area contributed by atoms with Crippen LogP contribution < -0.4 is 10.1 Å². The van der Waals surface area contributed by atoms with Crippen molar-refractivity contribution in [1.29, 1.82) is 0 Å². The van der Waals surface area contributed by atoms with Gasteiger partial charge in [-0.05, 0) is 37.5 Å². The normalized spacial score (nSPS) is 20.2. The summed E-state index contributed by atoms with van der Waals surface area (Å²) in [5, 5.41) is 3.35. The molecular weight excluding hydrogens is 214 g/mol. The maximum atomic E-state index is 5.71. The number of rotatable bonds is 4. The van der Waals surface area contributed by atoms with Gasteiger partial charge in [-0.3, -0.25) is 0 Å². The third kappa shape index (κ3) is 3.45. The molecule has 2 rings (SSSR count). The quantitative estimate of drug-likeness (QED) is 0.865. The Balaban J connectivity index is 1.98. The van der Waals surface area contributed by atoms with Crippen LogP contribution >= 0.6 is 0 Å². The van der Waals surface area contributed by atoms with Gasteiger partial charge >= 0.3 is 0 Å². The Kier molecular flexibility index (Phi) is 4.40. The molecule has 94 valence electrons. The maximum Gasteiger partial charge on any atom is 0.122 e. The fraction of sp³-hybridized carbons (Fsp3) is 0.571. The number of nitrogens with one attached hydrogen (secondary N) is 1. The number of hydrogen-bond donors (Lipinski definition) is 1. The number of morpholine rings is 1. The summed E-state index contributed by atoms with van der Waals surface area (Å²) in [5.74, 6) is 0.985. The molecule has 0 spiro atoms. The van der Waals surface area contributed by atoms with E-state index in [1.807, 2.05) is 6.92 Å². The van der Waals surface area contributed by atoms with Gasteiger partial charge < -0.3 is 14.8 Å². The van der Waals surface area contributed by atoms with Gasteiger partial charge in [0.2, 0.25) is 0 Å². The van der Waals surface area contributed by atoms with Crippen LogP contribution in [-0.4, -0.2) is 32.4 Å². The van der Waals surface area contributed by atoms with Gasteiger partial charge in [0, 0.05) is 13.1 Å². The van der Waals surface area contributed by atoms with Crippen molar-refractivity contribution in [2.24, 2.45) is 0 Å². The van der Waals surface area contributed by atoms with Crippen LogP contribution in [0.1, 0.15) is 18.1 Å². The standard InChI is InChI=1S/C14H21NO2/c1-3-16-14-5-4-12(8-11(14)2)9-13-10-15-6-7-17-13/h4-5,8,13,15H,3,6-7,9-10H2,1-2H3. The smallest absolute Gasteiger partial charge is 0.122 e. The second-order valence-electron chi connectivity index (χ2n) is 4.43. The molecule has 0 bridgehead atoms. The average molecular weight is 235 g/mol. The molecule has 1 unspecified atom stereocenters. The molecule has 1 fully saturated rings. The van der Waals surface area contributed by atoms with Crippen molar-refractivity contribution in [2.45, 2.75) is 26.4 Å². The zero-order chi connectivity index (χ0) is 12.1. The van der Waals surface area contributed by atoms with Crippen LogP contribution in [0.2, 0.25) is 0 Å². The van der Waals surface area contributed by atoms with Crippen molar-refractivity contribution in [2.75, 3.05) is 26.3 Å². The van der Waals surface area contributed by atoms with Crippen molar-refractivity contribution >= 4 is 0 Å². The second-order valence-corrected chi connectivity index (χ2v) is 4.43. The van der Waals surface area contributed by atoms with Crippen LogP contribution in [0.25, 0.3) is 0 Å². The monoisotopic (exact) mass is 235 g/mol. The zero-order valence-corrected chi connectivity index (χ0v) is 10.7. The third-order valence-electron chi connectivity index (χ3n) is 3.01. The summed E-state index contributed by atoms with van der Waals surface area (Å²) in [6, 6.07) is 6.39. The average Bonchev–Trinajstić information content (AvgIpc) is 2.34. The summed E-state index contributed by atoms with van der Waals surface area (Å²) in [6.07, 6.45) is 1.28. The summed E-state index contributed by atoms with van der Waals surface area (Å²) >= 11 is 0. The molecule has 3 nitrogen and oxygen atoms in total. The number of hydrogen-bond acceptors (Lipinski definition) is 3. The lowest BCUT2D eigenvalue weighted by molar-refractivity contribution is 0.0292. The van der Waals surface area contributed by atoms with E-state index in [1.165, 1.54) is 11.1 Å². The van der Waals surface area contributed by atoms with Gasteiger partial charge in [-0.15, -0.1) is 0 Å². The Morgan fingerprint density at radius 1 is 1.47 bits per heavy atom. The minimum Gasteiger partial charge on any atom is -0.494 e. The molecule has 0 aliphatic carbocycles. The molecule has 0 aromatic heterocycles. The summed E-state index contributed by atoms with van der Waals surface area (Å²) in [5.41, 5.74) is 2.52. The van der Waals surface area contributed by atoms with Crippen molar-refractivity contribution < 1.29 is 9.47 Å². The predicted molar refractivity (Wildman–Crippen MR) is 68.7 cm³/mol. The molecule has 0 amide bonds. The molecule has 0 saturated carbocycles. The van der Waals surface area contributed by atoms with Crippen LogP contribution in [0.4, 0.5) is 0 Å². The fourth-order valence-corrected chi connectivity index (χ4v) is 2.17. The highest BCUT2D eigenvalue weighted by Crippen LogP contribution is 2.20. The van der Waals surface area contributed by atoms with E-state index in [0.29, 0.717) is 6.10 Å². The van der Waals surface area contributed by atoms with Gasteiger partial charge in [0.05, 0.1) is 19.3 Å². The van der Waals surface area contributed by atoms with Crippen molar-refractivity contribution in [3.63, 3.8) is 0 Å². The number of ether oxygens (including phenoxy) is 2. The van der Waals surface area contributed by atoms with Crippen molar-refractivity contribution in [3.05, 3.63) is 29.3 Å². The molecule has 1 heterocycles. The molecule has 1 aromatic rings. The SMILES string of the molecule is CCOc1ccc(CC2CNCCO2)cc1C. The second kappa shape index (κ2) is 6.03. The summed E-state index contributed by atoms with van der Waals surface area (Å²) < 4.78 is 11.2. The van der Waals surface area contributed by atoms with Crippen LogP contribution in [0.5, 0.6) is 5.75 Å². The first-order valence-electron chi connectivity index (χ1n) is 6.34. The zero-order valence-electron chi connectivity index (χ0n) is 10.7. The molecule has 1 aliphatic rings. The molecule has 3 heteroatoms. The Morgan fingerprint density at radius 2 is 2.35 bits per heavy atom. The Hall–Kier alpha value is -1.06. The maximum absolute atomic E-state index is 5.71. The van der Waals surface area contributed by atoms with Crippen LogP contribution in [0, 0.1) is 6.92 Å². The van der Waals surface area contributed by atoms with E-state index in [4.69, 9.17) is 9.47 Å². The van der Waals surface area contributed by atoms with Gasteiger partial charge in [0.15, 0.2) is 0 Å². The van der Waals surface area contributed by atoms with E-state index in [0.717, 1.165) is 38.5 Å². The number of aryl methyl sites for hydroxylation is 1. The first-order valence-corrected chi connectivity index (χ1v) is 6.34. The first kappa shape index (κ1) is 12.4. The summed E-state index contributed by atoms with van der Waals surface area (Å²) in [6.45, 7) is 7.56. The first-order chi connectivity index (χ1) is 8.29. The lowest BCUT2D eigenvalue weighted by atomic mass is 10.0. The highest BCUT2D eigenvalue weighted by atomic mass is 16.5. The third-order valence-corrected chi connectivity index (χ3v) is 3.01. The highest BCUT2D eigenvalue weighted by molar-refractivity contribution is 5.36. The molecule has 1 aromatic carbocycles. The lowest BCUT2D eigenvalue weighted by Crippen LogP contribution is -2.39. The van der Waals surface area contributed by atoms with Gasteiger partial charge in [-0.1, -0.05) is 12.1 Å². The van der Waals surface area contributed by atoms with E-state index in [9.17, 15) is 0 Å². The van der Waals surface area contributed by atoms with Crippen LogP contribution in [0.15, 0.2) is 18.2 Å². The van der Waals surface area contributed by atoms with E-state index >= 15 is 0 Å². The Morgan fingerprint density at radius 3 is 3.00 bits per heavy atom. The Labute approximate surface area is 103 Å². The highest BCUT2D eigenvalue weighted by Gasteiger charge is 2.14. The molecular formula is C14H21NO2. The van der Waals surface area contributed by atoms with Crippen LogP contribution in [0.3, 0.4) is 0 Å². The molecule has 1 aliphatic heterocycles. The van der Waals surface area contributed by atoms with Gasteiger partial charge in [-0.25, -0.2) is 0 Å². The van der Waals surface area contributed by atoms with E-state index in [2.05, 4.69) is 30.4 Å². The van der Waals surface area contributed by atoms with E-state index in [1.54, 1.807) is 0 Å². The molecule has 1 N–H and O–H groups in total. The Bertz CT molecular complexity index is 359. The number of benzene rings is 1. The van der Waals surface area contributed by atoms with E-state index in [-0.39, 0.29) is 0 Å². The fourth-order valence-electron chi connectivity index (χ4n) is 2.17. The van der Waals surface area contributed by atoms with Gasteiger partial charge in [0.25, 0.3) is 0 Å². The largest absolute Gasteiger partial charge is 0.494 e. The minimum atomic E-state index is 0.307. The predicted octanol–water partition coefficient (Wildman–Crippen LogP) is 1.92. The summed E-state index contributed by atoms with van der Waals surface area (Å²) in [7, 11) is 0. The van der Waals surface area contributed by atoms with Crippen molar-refractivity contribution in [3.8, 4) is 5.75 Å². The molecule has 1 saturated heterocycles. The van der Waals surface area contributed by atoms with E-state index < -0.39 is 0 Å². The van der Waals surface area contributed by atoms with Gasteiger partial charge in [0.1, 0.15) is 5.75 Å². The minimum absolute atomic E-state index is 0.307. The van der Waals surface area contributed by atoms with Gasteiger partial charge in [-0.2, -0.15) is 0 Å². The topological polar surface area (TPSA) is 30.5 Å². The summed E-state index contributed by atoms with van der Waals surface area (Å²) in [4.78, 5) is 0. The lowest BCUT2D eigenvalue weighted by Gasteiger charge is -2.23. The van der Waals surface area contributed by atoms with Crippen molar-refractivity contribution in [1.82, 2.24) is 5.32 Å². The molecule has 17 heavy (non-hydrogen) atoms. The van der Waals surface area contributed by atoms with Crippen LogP contribution in [-0.2, 0) is 11.2 Å². The molecule has 1 atom stereocenters. The molecule has 0 radical (unpaired) electrons.